The maximum atomic E-state index is 9.95. The Labute approximate surface area is 193 Å². The maximum absolute atomic E-state index is 9.95. The van der Waals surface area contributed by atoms with Gasteiger partial charge in [-0.15, -0.1) is 0 Å². The molecule has 5 nitrogen and oxygen atoms in total. The van der Waals surface area contributed by atoms with Crippen LogP contribution >= 0.6 is 11.8 Å². The Balaban J connectivity index is 1.29. The van der Waals surface area contributed by atoms with Gasteiger partial charge in [-0.3, -0.25) is 4.90 Å². The van der Waals surface area contributed by atoms with Crippen LogP contribution in [0.25, 0.3) is 0 Å². The minimum Gasteiger partial charge on any atom is -0.508 e. The molecule has 0 unspecified atom stereocenters. The number of phenols is 1. The van der Waals surface area contributed by atoms with Crippen LogP contribution in [0.3, 0.4) is 0 Å². The Morgan fingerprint density at radius 3 is 2.47 bits per heavy atom. The van der Waals surface area contributed by atoms with E-state index in [0.717, 1.165) is 61.1 Å². The van der Waals surface area contributed by atoms with Crippen LogP contribution in [0, 0.1) is 0 Å². The largest absolute Gasteiger partial charge is 0.508 e. The van der Waals surface area contributed by atoms with E-state index < -0.39 is 0 Å². The number of nitrogens with zero attached hydrogens (tertiary/aromatic N) is 3. The molecule has 0 amide bonds. The molecule has 0 aromatic heterocycles. The second kappa shape index (κ2) is 9.36. The van der Waals surface area contributed by atoms with Crippen molar-refractivity contribution in [2.75, 3.05) is 32.7 Å². The first-order valence-corrected chi connectivity index (χ1v) is 11.9. The Morgan fingerprint density at radius 1 is 0.906 bits per heavy atom. The molecule has 32 heavy (non-hydrogen) atoms. The third-order valence-electron chi connectivity index (χ3n) is 6.02. The molecular formula is C26H28N4OS. The van der Waals surface area contributed by atoms with Crippen molar-refractivity contribution in [1.29, 1.82) is 0 Å². The Morgan fingerprint density at radius 2 is 1.66 bits per heavy atom. The van der Waals surface area contributed by atoms with Crippen molar-refractivity contribution in [1.82, 2.24) is 9.80 Å². The molecule has 3 aromatic rings. The highest BCUT2D eigenvalue weighted by atomic mass is 32.2. The summed E-state index contributed by atoms with van der Waals surface area (Å²) >= 11 is 1.67. The number of fused-ring (bicyclic) bond motifs is 2. The van der Waals surface area contributed by atoms with Gasteiger partial charge in [-0.1, -0.05) is 60.3 Å². The second-order valence-corrected chi connectivity index (χ2v) is 9.51. The lowest BCUT2D eigenvalue weighted by atomic mass is 10.1. The van der Waals surface area contributed by atoms with Crippen molar-refractivity contribution < 1.29 is 5.11 Å². The number of benzene rings is 3. The van der Waals surface area contributed by atoms with Crippen LogP contribution in [0.15, 0.2) is 87.6 Å². The zero-order chi connectivity index (χ0) is 21.9. The van der Waals surface area contributed by atoms with Gasteiger partial charge in [-0.25, -0.2) is 4.99 Å². The molecule has 0 aliphatic carbocycles. The molecule has 1 atom stereocenters. The van der Waals surface area contributed by atoms with E-state index >= 15 is 0 Å². The van der Waals surface area contributed by atoms with Crippen LogP contribution < -0.4 is 5.73 Å². The van der Waals surface area contributed by atoms with Crippen molar-refractivity contribution >= 4 is 23.3 Å². The third kappa shape index (κ3) is 4.67. The van der Waals surface area contributed by atoms with Crippen molar-refractivity contribution in [3.63, 3.8) is 0 Å². The van der Waals surface area contributed by atoms with E-state index in [4.69, 9.17) is 10.7 Å². The number of aliphatic imine (C=N–C) groups is 1. The smallest absolute Gasteiger partial charge is 0.137 e. The summed E-state index contributed by atoms with van der Waals surface area (Å²) < 4.78 is 0. The van der Waals surface area contributed by atoms with E-state index in [9.17, 15) is 5.11 Å². The SMILES string of the molecule is N[C@@H](Cc1ccccc1)CN1CCN(C2=Nc3ccc(O)cc3Sc3ccccc32)CC1. The van der Waals surface area contributed by atoms with Crippen molar-refractivity contribution in [2.45, 2.75) is 22.3 Å². The number of nitrogens with two attached hydrogens (primary N) is 1. The minimum atomic E-state index is 0.135. The Bertz CT molecular complexity index is 1110. The van der Waals surface area contributed by atoms with Crippen LogP contribution in [0.4, 0.5) is 5.69 Å². The molecule has 3 aromatic carbocycles. The van der Waals surface area contributed by atoms with Crippen molar-refractivity contribution in [3.05, 3.63) is 83.9 Å². The summed E-state index contributed by atoms with van der Waals surface area (Å²) in [6.45, 7) is 4.69. The zero-order valence-corrected chi connectivity index (χ0v) is 18.8. The van der Waals surface area contributed by atoms with Crippen LogP contribution in [-0.4, -0.2) is 59.5 Å². The molecule has 6 heteroatoms. The number of phenolic OH excluding ortho intramolecular Hbond substituents is 1. The lowest BCUT2D eigenvalue weighted by Gasteiger charge is -2.37. The van der Waals surface area contributed by atoms with E-state index in [1.165, 1.54) is 10.5 Å². The van der Waals surface area contributed by atoms with Crippen LogP contribution in [0.5, 0.6) is 5.75 Å². The first-order chi connectivity index (χ1) is 15.7. The average molecular weight is 445 g/mol. The summed E-state index contributed by atoms with van der Waals surface area (Å²) in [5.41, 5.74) is 9.82. The summed E-state index contributed by atoms with van der Waals surface area (Å²) in [5, 5.41) is 9.95. The van der Waals surface area contributed by atoms with Crippen LogP contribution in [0.1, 0.15) is 11.1 Å². The monoisotopic (exact) mass is 444 g/mol. The van der Waals surface area contributed by atoms with Gasteiger partial charge in [0.15, 0.2) is 0 Å². The van der Waals surface area contributed by atoms with E-state index in [1.54, 1.807) is 23.9 Å². The standard InChI is InChI=1S/C26H28N4OS/c27-20(16-19-6-2-1-3-7-19)18-29-12-14-30(15-13-29)26-22-8-4-5-9-24(22)32-25-17-21(31)10-11-23(25)28-26/h1-11,17,20,31H,12-16,18,27H2/t20-/m0/s1. The number of rotatable bonds is 4. The molecule has 2 aliphatic rings. The Kier molecular flexibility index (Phi) is 6.17. The molecule has 1 fully saturated rings. The quantitative estimate of drug-likeness (QED) is 0.634. The predicted octanol–water partition coefficient (Wildman–Crippen LogP) is 4.12. The van der Waals surface area contributed by atoms with Gasteiger partial charge in [0.25, 0.3) is 0 Å². The number of hydrogen-bond acceptors (Lipinski definition) is 6. The fourth-order valence-electron chi connectivity index (χ4n) is 4.41. The van der Waals surface area contributed by atoms with E-state index in [0.29, 0.717) is 0 Å². The number of hydrogen-bond donors (Lipinski definition) is 2. The average Bonchev–Trinajstić information content (AvgIpc) is 2.96. The number of aromatic hydroxyl groups is 1. The molecular weight excluding hydrogens is 416 g/mol. The number of piperazine rings is 1. The Hall–Kier alpha value is -2.80. The first kappa shape index (κ1) is 21.1. The summed E-state index contributed by atoms with van der Waals surface area (Å²) in [4.78, 5) is 12.1. The van der Waals surface area contributed by atoms with Gasteiger partial charge >= 0.3 is 0 Å². The summed E-state index contributed by atoms with van der Waals surface area (Å²) in [6.07, 6.45) is 0.905. The fourth-order valence-corrected chi connectivity index (χ4v) is 5.46. The minimum absolute atomic E-state index is 0.135. The molecule has 2 heterocycles. The second-order valence-electron chi connectivity index (χ2n) is 8.42. The normalized spacial score (nSPS) is 17.2. The highest BCUT2D eigenvalue weighted by Crippen LogP contribution is 2.42. The van der Waals surface area contributed by atoms with E-state index in [1.807, 2.05) is 12.1 Å². The van der Waals surface area contributed by atoms with Gasteiger partial charge in [0.05, 0.1) is 5.69 Å². The molecule has 0 radical (unpaired) electrons. The van der Waals surface area contributed by atoms with Gasteiger partial charge in [0.2, 0.25) is 0 Å². The zero-order valence-electron chi connectivity index (χ0n) is 18.0. The molecule has 1 saturated heterocycles. The van der Waals surface area contributed by atoms with Gasteiger partial charge in [-0.05, 0) is 36.2 Å². The topological polar surface area (TPSA) is 65.1 Å². The van der Waals surface area contributed by atoms with Crippen LogP contribution in [0.2, 0.25) is 0 Å². The van der Waals surface area contributed by atoms with Crippen LogP contribution in [-0.2, 0) is 6.42 Å². The van der Waals surface area contributed by atoms with Gasteiger partial charge in [0, 0.05) is 54.1 Å². The molecule has 5 rings (SSSR count). The molecule has 164 valence electrons. The maximum Gasteiger partial charge on any atom is 0.137 e. The third-order valence-corrected chi connectivity index (χ3v) is 7.15. The van der Waals surface area contributed by atoms with Crippen molar-refractivity contribution in [2.24, 2.45) is 10.7 Å². The molecule has 0 saturated carbocycles. The molecule has 2 aliphatic heterocycles. The predicted molar refractivity (Wildman–Crippen MR) is 131 cm³/mol. The first-order valence-electron chi connectivity index (χ1n) is 11.1. The van der Waals surface area contributed by atoms with Gasteiger partial charge in [0.1, 0.15) is 11.6 Å². The lowest BCUT2D eigenvalue weighted by Crippen LogP contribution is -2.52. The summed E-state index contributed by atoms with van der Waals surface area (Å²) in [7, 11) is 0. The van der Waals surface area contributed by atoms with Crippen molar-refractivity contribution in [3.8, 4) is 5.75 Å². The fraction of sp³-hybridized carbons (Fsp3) is 0.269. The van der Waals surface area contributed by atoms with Gasteiger partial charge in [-0.2, -0.15) is 0 Å². The molecule has 0 spiro atoms. The highest BCUT2D eigenvalue weighted by Gasteiger charge is 2.26. The van der Waals surface area contributed by atoms with E-state index in [2.05, 4.69) is 58.3 Å². The lowest BCUT2D eigenvalue weighted by molar-refractivity contribution is 0.173. The van der Waals surface area contributed by atoms with Gasteiger partial charge < -0.3 is 15.7 Å². The van der Waals surface area contributed by atoms with E-state index in [-0.39, 0.29) is 11.8 Å². The summed E-state index contributed by atoms with van der Waals surface area (Å²) in [6, 6.07) is 24.4. The molecule has 0 bridgehead atoms. The number of amidine groups is 1. The molecule has 3 N–H and O–H groups in total. The highest BCUT2D eigenvalue weighted by molar-refractivity contribution is 7.99. The summed E-state index contributed by atoms with van der Waals surface area (Å²) in [5.74, 6) is 1.29.